The normalized spacial score (nSPS) is 32.4. The van der Waals surface area contributed by atoms with Crippen molar-refractivity contribution in [1.29, 1.82) is 0 Å². The maximum Gasteiger partial charge on any atom is 0.0579 e. The first-order chi connectivity index (χ1) is 6.84. The highest BCUT2D eigenvalue weighted by atomic mass is 16.5. The molecule has 2 heteroatoms. The molecule has 1 N–H and O–H groups in total. The minimum Gasteiger partial charge on any atom is -0.375 e. The van der Waals surface area contributed by atoms with Crippen molar-refractivity contribution in [2.45, 2.75) is 70.1 Å². The van der Waals surface area contributed by atoms with Crippen molar-refractivity contribution in [3.63, 3.8) is 0 Å². The van der Waals surface area contributed by atoms with Gasteiger partial charge in [0.25, 0.3) is 0 Å². The Bertz CT molecular complexity index is 168. The molecule has 82 valence electrons. The van der Waals surface area contributed by atoms with Gasteiger partial charge in [0.15, 0.2) is 0 Å². The van der Waals surface area contributed by atoms with Crippen molar-refractivity contribution >= 4 is 0 Å². The molecule has 2 unspecified atom stereocenters. The van der Waals surface area contributed by atoms with Gasteiger partial charge in [0.05, 0.1) is 12.2 Å². The van der Waals surface area contributed by atoms with Gasteiger partial charge in [0.2, 0.25) is 0 Å². The standard InChI is InChI=1S/C12H23NO/c1-10-5-8-12(14-10)4-2-3-9-13-11-6-7-11/h10-13H,2-9H2,1H3. The molecule has 0 spiro atoms. The van der Waals surface area contributed by atoms with E-state index in [0.29, 0.717) is 12.2 Å². The molecule has 2 atom stereocenters. The first-order valence-electron chi connectivity index (χ1n) is 6.23. The smallest absolute Gasteiger partial charge is 0.0579 e. The molecule has 2 fully saturated rings. The highest BCUT2D eigenvalue weighted by Gasteiger charge is 2.21. The lowest BCUT2D eigenvalue weighted by atomic mass is 10.1. The Balaban J connectivity index is 1.42. The molecule has 2 nitrogen and oxygen atoms in total. The fourth-order valence-corrected chi connectivity index (χ4v) is 2.19. The molecular weight excluding hydrogens is 174 g/mol. The van der Waals surface area contributed by atoms with Gasteiger partial charge in [-0.2, -0.15) is 0 Å². The zero-order valence-electron chi connectivity index (χ0n) is 9.30. The van der Waals surface area contributed by atoms with Gasteiger partial charge in [0.1, 0.15) is 0 Å². The van der Waals surface area contributed by atoms with Crippen LogP contribution in [0.4, 0.5) is 0 Å². The number of ether oxygens (including phenoxy) is 1. The van der Waals surface area contributed by atoms with Crippen molar-refractivity contribution < 1.29 is 4.74 Å². The van der Waals surface area contributed by atoms with E-state index in [0.717, 1.165) is 6.04 Å². The third-order valence-electron chi connectivity index (χ3n) is 3.28. The maximum atomic E-state index is 5.78. The molecular formula is C12H23NO. The maximum absolute atomic E-state index is 5.78. The molecule has 1 heterocycles. The van der Waals surface area contributed by atoms with E-state index in [2.05, 4.69) is 12.2 Å². The van der Waals surface area contributed by atoms with Crippen molar-refractivity contribution in [3.8, 4) is 0 Å². The summed E-state index contributed by atoms with van der Waals surface area (Å²) >= 11 is 0. The topological polar surface area (TPSA) is 21.3 Å². The number of rotatable bonds is 6. The van der Waals surface area contributed by atoms with Crippen LogP contribution in [0.3, 0.4) is 0 Å². The second-order valence-corrected chi connectivity index (χ2v) is 4.87. The zero-order chi connectivity index (χ0) is 9.80. The molecule has 14 heavy (non-hydrogen) atoms. The van der Waals surface area contributed by atoms with E-state index < -0.39 is 0 Å². The summed E-state index contributed by atoms with van der Waals surface area (Å²) < 4.78 is 5.78. The van der Waals surface area contributed by atoms with Gasteiger partial charge in [-0.15, -0.1) is 0 Å². The highest BCUT2D eigenvalue weighted by molar-refractivity contribution is 4.80. The summed E-state index contributed by atoms with van der Waals surface area (Å²) in [5.74, 6) is 0. The van der Waals surface area contributed by atoms with Crippen molar-refractivity contribution in [1.82, 2.24) is 5.32 Å². The second-order valence-electron chi connectivity index (χ2n) is 4.87. The summed E-state index contributed by atoms with van der Waals surface area (Å²) in [4.78, 5) is 0. The lowest BCUT2D eigenvalue weighted by Gasteiger charge is -2.10. The Morgan fingerprint density at radius 1 is 1.14 bits per heavy atom. The quantitative estimate of drug-likeness (QED) is 0.660. The van der Waals surface area contributed by atoms with Crippen LogP contribution >= 0.6 is 0 Å². The minimum absolute atomic E-state index is 0.518. The summed E-state index contributed by atoms with van der Waals surface area (Å²) in [6.07, 6.45) is 10.4. The summed E-state index contributed by atoms with van der Waals surface area (Å²) in [5.41, 5.74) is 0. The van der Waals surface area contributed by atoms with Crippen LogP contribution in [0.2, 0.25) is 0 Å². The van der Waals surface area contributed by atoms with E-state index in [1.165, 1.54) is 51.5 Å². The average molecular weight is 197 g/mol. The van der Waals surface area contributed by atoms with Gasteiger partial charge in [-0.1, -0.05) is 0 Å². The molecule has 2 aliphatic rings. The molecule has 0 aromatic heterocycles. The average Bonchev–Trinajstić information content (AvgIpc) is 2.89. The Morgan fingerprint density at radius 2 is 2.00 bits per heavy atom. The van der Waals surface area contributed by atoms with Crippen LogP contribution in [0.25, 0.3) is 0 Å². The highest BCUT2D eigenvalue weighted by Crippen LogP contribution is 2.23. The summed E-state index contributed by atoms with van der Waals surface area (Å²) in [7, 11) is 0. The van der Waals surface area contributed by atoms with Crippen LogP contribution in [0.5, 0.6) is 0 Å². The number of hydrogen-bond donors (Lipinski definition) is 1. The summed E-state index contributed by atoms with van der Waals surface area (Å²) in [6, 6.07) is 0.873. The zero-order valence-corrected chi connectivity index (χ0v) is 9.30. The monoisotopic (exact) mass is 197 g/mol. The molecule has 2 rings (SSSR count). The van der Waals surface area contributed by atoms with E-state index in [-0.39, 0.29) is 0 Å². The van der Waals surface area contributed by atoms with Gasteiger partial charge in [0, 0.05) is 6.04 Å². The minimum atomic E-state index is 0.518. The van der Waals surface area contributed by atoms with Gasteiger partial charge >= 0.3 is 0 Å². The fraction of sp³-hybridized carbons (Fsp3) is 1.00. The molecule has 0 bridgehead atoms. The van der Waals surface area contributed by atoms with Gasteiger partial charge in [-0.25, -0.2) is 0 Å². The van der Waals surface area contributed by atoms with Gasteiger partial charge < -0.3 is 10.1 Å². The molecule has 1 saturated heterocycles. The Kier molecular flexibility index (Phi) is 3.82. The van der Waals surface area contributed by atoms with Gasteiger partial charge in [-0.3, -0.25) is 0 Å². The third-order valence-corrected chi connectivity index (χ3v) is 3.28. The molecule has 0 aromatic carbocycles. The van der Waals surface area contributed by atoms with Crippen LogP contribution in [0, 0.1) is 0 Å². The number of unbranched alkanes of at least 4 members (excludes halogenated alkanes) is 1. The number of nitrogens with one attached hydrogen (secondary N) is 1. The van der Waals surface area contributed by atoms with E-state index in [1.807, 2.05) is 0 Å². The fourth-order valence-electron chi connectivity index (χ4n) is 2.19. The van der Waals surface area contributed by atoms with Gasteiger partial charge in [-0.05, 0) is 58.4 Å². The molecule has 0 aromatic rings. The largest absolute Gasteiger partial charge is 0.375 e. The summed E-state index contributed by atoms with van der Waals surface area (Å²) in [5, 5.41) is 3.55. The van der Waals surface area contributed by atoms with E-state index in [9.17, 15) is 0 Å². The molecule has 0 amide bonds. The second kappa shape index (κ2) is 5.13. The van der Waals surface area contributed by atoms with Crippen LogP contribution < -0.4 is 5.32 Å². The first-order valence-corrected chi connectivity index (χ1v) is 6.23. The number of hydrogen-bond acceptors (Lipinski definition) is 2. The Morgan fingerprint density at radius 3 is 2.64 bits per heavy atom. The molecule has 0 radical (unpaired) electrons. The van der Waals surface area contributed by atoms with Crippen LogP contribution in [0.15, 0.2) is 0 Å². The van der Waals surface area contributed by atoms with Crippen LogP contribution in [-0.2, 0) is 4.74 Å². The van der Waals surface area contributed by atoms with Crippen LogP contribution in [0.1, 0.15) is 51.9 Å². The molecule has 1 aliphatic heterocycles. The molecule has 1 saturated carbocycles. The van der Waals surface area contributed by atoms with E-state index in [4.69, 9.17) is 4.74 Å². The van der Waals surface area contributed by atoms with E-state index in [1.54, 1.807) is 0 Å². The van der Waals surface area contributed by atoms with Crippen molar-refractivity contribution in [2.24, 2.45) is 0 Å². The van der Waals surface area contributed by atoms with Crippen molar-refractivity contribution in [2.75, 3.05) is 6.54 Å². The Labute approximate surface area is 87.4 Å². The molecule has 1 aliphatic carbocycles. The predicted octanol–water partition coefficient (Wildman–Crippen LogP) is 2.48. The summed E-state index contributed by atoms with van der Waals surface area (Å²) in [6.45, 7) is 3.40. The SMILES string of the molecule is CC1CCC(CCCCNC2CC2)O1. The van der Waals surface area contributed by atoms with Crippen LogP contribution in [-0.4, -0.2) is 24.8 Å². The van der Waals surface area contributed by atoms with E-state index >= 15 is 0 Å². The Hall–Kier alpha value is -0.0800. The lowest BCUT2D eigenvalue weighted by molar-refractivity contribution is 0.0495. The lowest BCUT2D eigenvalue weighted by Crippen LogP contribution is -2.18. The first kappa shape index (κ1) is 10.4. The third kappa shape index (κ3) is 3.58. The van der Waals surface area contributed by atoms with Crippen molar-refractivity contribution in [3.05, 3.63) is 0 Å². The predicted molar refractivity (Wildman–Crippen MR) is 58.4 cm³/mol.